The zero-order valence-electron chi connectivity index (χ0n) is 8.54. The van der Waals surface area contributed by atoms with E-state index >= 15 is 0 Å². The molecule has 2 aliphatic rings. The molecule has 0 nitrogen and oxygen atoms in total. The standard InChI is InChI=1S/C12H14S2/c1-9-5-3-7-13-11(9)12-10(2)6-4-8-14-12/h3-6H,7-8H2,1-2H3. The van der Waals surface area contributed by atoms with Crippen LogP contribution in [0.25, 0.3) is 0 Å². The van der Waals surface area contributed by atoms with Crippen LogP contribution in [0.5, 0.6) is 0 Å². The molecule has 74 valence electrons. The molecular formula is C12H14S2. The highest BCUT2D eigenvalue weighted by Gasteiger charge is 2.14. The SMILES string of the molecule is CC1=C(C2=C(C)C=CCS2)SCC=C1. The van der Waals surface area contributed by atoms with Gasteiger partial charge in [0, 0.05) is 21.3 Å². The van der Waals surface area contributed by atoms with E-state index in [0.717, 1.165) is 11.5 Å². The van der Waals surface area contributed by atoms with Crippen molar-refractivity contribution >= 4 is 23.5 Å². The third-order valence-corrected chi connectivity index (χ3v) is 4.78. The van der Waals surface area contributed by atoms with E-state index in [1.165, 1.54) is 21.0 Å². The zero-order chi connectivity index (χ0) is 9.97. The lowest BCUT2D eigenvalue weighted by molar-refractivity contribution is 1.40. The van der Waals surface area contributed by atoms with Crippen molar-refractivity contribution in [2.75, 3.05) is 11.5 Å². The van der Waals surface area contributed by atoms with Gasteiger partial charge in [-0.2, -0.15) is 0 Å². The molecule has 0 aliphatic carbocycles. The third-order valence-electron chi connectivity index (χ3n) is 2.31. The van der Waals surface area contributed by atoms with E-state index in [-0.39, 0.29) is 0 Å². The molecule has 14 heavy (non-hydrogen) atoms. The van der Waals surface area contributed by atoms with Crippen molar-refractivity contribution in [1.29, 1.82) is 0 Å². The zero-order valence-corrected chi connectivity index (χ0v) is 10.2. The van der Waals surface area contributed by atoms with E-state index < -0.39 is 0 Å². The molecule has 0 amide bonds. The Bertz CT molecular complexity index is 321. The van der Waals surface area contributed by atoms with Crippen LogP contribution in [0, 0.1) is 0 Å². The molecule has 0 atom stereocenters. The second-order valence-corrected chi connectivity index (χ2v) is 5.51. The number of hydrogen-bond donors (Lipinski definition) is 0. The predicted octanol–water partition coefficient (Wildman–Crippen LogP) is 4.14. The summed E-state index contributed by atoms with van der Waals surface area (Å²) < 4.78 is 0. The van der Waals surface area contributed by atoms with Crippen LogP contribution in [0.4, 0.5) is 0 Å². The van der Waals surface area contributed by atoms with E-state index in [1.807, 2.05) is 23.5 Å². The second-order valence-electron chi connectivity index (χ2n) is 3.45. The monoisotopic (exact) mass is 222 g/mol. The topological polar surface area (TPSA) is 0 Å². The minimum Gasteiger partial charge on any atom is -0.121 e. The summed E-state index contributed by atoms with van der Waals surface area (Å²) in [5.74, 6) is 2.24. The number of allylic oxidation sites excluding steroid dienone is 4. The second kappa shape index (κ2) is 4.45. The molecule has 2 heterocycles. The minimum atomic E-state index is 1.12. The molecule has 2 heteroatoms. The van der Waals surface area contributed by atoms with Crippen molar-refractivity contribution in [2.45, 2.75) is 13.8 Å². The molecule has 0 fully saturated rings. The molecule has 2 aliphatic heterocycles. The Morgan fingerprint density at radius 1 is 0.857 bits per heavy atom. The maximum Gasteiger partial charge on any atom is 0.0243 e. The molecule has 2 rings (SSSR count). The average Bonchev–Trinajstić information content (AvgIpc) is 2.20. The fourth-order valence-electron chi connectivity index (χ4n) is 1.58. The summed E-state index contributed by atoms with van der Waals surface area (Å²) in [7, 11) is 0. The lowest BCUT2D eigenvalue weighted by Gasteiger charge is -2.19. The van der Waals surface area contributed by atoms with Crippen LogP contribution in [-0.2, 0) is 0 Å². The van der Waals surface area contributed by atoms with Gasteiger partial charge in [0.05, 0.1) is 0 Å². The Hall–Kier alpha value is -0.340. The number of hydrogen-bond acceptors (Lipinski definition) is 2. The van der Waals surface area contributed by atoms with Crippen molar-refractivity contribution in [1.82, 2.24) is 0 Å². The summed E-state index contributed by atoms with van der Waals surface area (Å²) in [6.45, 7) is 4.41. The highest BCUT2D eigenvalue weighted by molar-refractivity contribution is 8.08. The van der Waals surface area contributed by atoms with Gasteiger partial charge in [0.2, 0.25) is 0 Å². The first-order valence-electron chi connectivity index (χ1n) is 4.80. The minimum absolute atomic E-state index is 1.12. The summed E-state index contributed by atoms with van der Waals surface area (Å²) in [4.78, 5) is 2.97. The molecule has 0 unspecified atom stereocenters. The molecule has 0 spiro atoms. The van der Waals surface area contributed by atoms with Gasteiger partial charge in [0.1, 0.15) is 0 Å². The van der Waals surface area contributed by atoms with Crippen LogP contribution in [-0.4, -0.2) is 11.5 Å². The van der Waals surface area contributed by atoms with Gasteiger partial charge in [0.15, 0.2) is 0 Å². The normalized spacial score (nSPS) is 22.1. The van der Waals surface area contributed by atoms with Gasteiger partial charge in [-0.3, -0.25) is 0 Å². The highest BCUT2D eigenvalue weighted by Crippen LogP contribution is 2.40. The number of rotatable bonds is 1. The van der Waals surface area contributed by atoms with Gasteiger partial charge in [-0.1, -0.05) is 24.3 Å². The molecule has 0 aromatic rings. The van der Waals surface area contributed by atoms with Gasteiger partial charge >= 0.3 is 0 Å². The van der Waals surface area contributed by atoms with Crippen LogP contribution < -0.4 is 0 Å². The van der Waals surface area contributed by atoms with Crippen molar-refractivity contribution < 1.29 is 0 Å². The molecule has 0 saturated carbocycles. The van der Waals surface area contributed by atoms with Crippen molar-refractivity contribution in [3.63, 3.8) is 0 Å². The van der Waals surface area contributed by atoms with Crippen LogP contribution in [0.1, 0.15) is 13.8 Å². The van der Waals surface area contributed by atoms with Crippen molar-refractivity contribution in [2.24, 2.45) is 0 Å². The van der Waals surface area contributed by atoms with Gasteiger partial charge in [-0.05, 0) is 25.0 Å². The maximum absolute atomic E-state index is 2.24. The summed E-state index contributed by atoms with van der Waals surface area (Å²) >= 11 is 3.92. The van der Waals surface area contributed by atoms with Crippen molar-refractivity contribution in [3.8, 4) is 0 Å². The number of thioether (sulfide) groups is 2. The Morgan fingerprint density at radius 3 is 1.64 bits per heavy atom. The molecule has 0 aromatic heterocycles. The van der Waals surface area contributed by atoms with Gasteiger partial charge < -0.3 is 0 Å². The largest absolute Gasteiger partial charge is 0.121 e. The van der Waals surface area contributed by atoms with E-state index in [4.69, 9.17) is 0 Å². The van der Waals surface area contributed by atoms with Crippen LogP contribution in [0.3, 0.4) is 0 Å². The Morgan fingerprint density at radius 2 is 1.29 bits per heavy atom. The predicted molar refractivity (Wildman–Crippen MR) is 68.6 cm³/mol. The molecule has 0 saturated heterocycles. The highest BCUT2D eigenvalue weighted by atomic mass is 32.2. The summed E-state index contributed by atoms with van der Waals surface area (Å²) in [5.41, 5.74) is 2.83. The Labute approximate surface area is 94.2 Å². The molecule has 0 bridgehead atoms. The Kier molecular flexibility index (Phi) is 3.24. The first kappa shape index (κ1) is 10.2. The molecule has 0 aromatic carbocycles. The summed E-state index contributed by atoms with van der Waals surface area (Å²) in [5, 5.41) is 0. The van der Waals surface area contributed by atoms with Crippen LogP contribution in [0.15, 0.2) is 45.3 Å². The van der Waals surface area contributed by atoms with E-state index in [0.29, 0.717) is 0 Å². The average molecular weight is 222 g/mol. The maximum atomic E-state index is 2.24. The first-order chi connectivity index (χ1) is 6.79. The lowest BCUT2D eigenvalue weighted by atomic mass is 10.2. The summed E-state index contributed by atoms with van der Waals surface area (Å²) in [6, 6.07) is 0. The van der Waals surface area contributed by atoms with E-state index in [2.05, 4.69) is 38.2 Å². The fourth-order valence-corrected chi connectivity index (χ4v) is 3.83. The van der Waals surface area contributed by atoms with E-state index in [1.54, 1.807) is 0 Å². The molecular weight excluding hydrogens is 208 g/mol. The van der Waals surface area contributed by atoms with Gasteiger partial charge in [-0.15, -0.1) is 23.5 Å². The Balaban J connectivity index is 2.38. The quantitative estimate of drug-likeness (QED) is 0.654. The van der Waals surface area contributed by atoms with Crippen LogP contribution >= 0.6 is 23.5 Å². The smallest absolute Gasteiger partial charge is 0.0243 e. The van der Waals surface area contributed by atoms with Crippen molar-refractivity contribution in [3.05, 3.63) is 45.3 Å². The molecule has 0 N–H and O–H groups in total. The van der Waals surface area contributed by atoms with Gasteiger partial charge in [0.25, 0.3) is 0 Å². The van der Waals surface area contributed by atoms with Gasteiger partial charge in [-0.25, -0.2) is 0 Å². The fraction of sp³-hybridized carbons (Fsp3) is 0.333. The third kappa shape index (κ3) is 2.01. The summed E-state index contributed by atoms with van der Waals surface area (Å²) in [6.07, 6.45) is 8.96. The molecule has 0 radical (unpaired) electrons. The van der Waals surface area contributed by atoms with E-state index in [9.17, 15) is 0 Å². The lowest BCUT2D eigenvalue weighted by Crippen LogP contribution is -1.97. The first-order valence-corrected chi connectivity index (χ1v) is 6.77. The van der Waals surface area contributed by atoms with Crippen LogP contribution in [0.2, 0.25) is 0 Å².